The molecule has 34 rings (SSSR count). The number of hydrogen-bond acceptors (Lipinski definition) is 2. The van der Waals surface area contributed by atoms with Crippen molar-refractivity contribution in [1.29, 1.82) is 0 Å². The number of benzene rings is 16. The van der Waals surface area contributed by atoms with Gasteiger partial charge >= 0.3 is 5.97 Å². The van der Waals surface area contributed by atoms with Gasteiger partial charge in [0.2, 0.25) is 0 Å². The summed E-state index contributed by atoms with van der Waals surface area (Å²) in [5.41, 5.74) is 16.3. The predicted octanol–water partition coefficient (Wildman–Crippen LogP) is 17.9. The summed E-state index contributed by atoms with van der Waals surface area (Å²) in [6.45, 7) is 2.72. The molecule has 25 aromatic carbocycles. The van der Waals surface area contributed by atoms with Crippen LogP contribution in [0.4, 0.5) is 0 Å². The second kappa shape index (κ2) is 7.33. The van der Waals surface area contributed by atoms with Crippen LogP contribution in [-0.2, 0) is 25.8 Å². The first-order chi connectivity index (χ1) is 38.3. The molecule has 25 aromatic rings. The molecule has 5 unspecified atom stereocenters. The monoisotopic (exact) mass is 954 g/mol. The topological polar surface area (TPSA) is 26.3 Å². The predicted molar refractivity (Wildman–Crippen MR) is 316 cm³/mol. The van der Waals surface area contributed by atoms with Crippen LogP contribution in [0.3, 0.4) is 0 Å². The van der Waals surface area contributed by atoms with Crippen LogP contribution in [0.1, 0.15) is 101 Å². The molecular weight excluding hydrogens is 933 g/mol. The second-order valence-electron chi connectivity index (χ2n) is 28.3. The standard InChI is InChI=1S/C75H22O2/c1-2-3-12-77-14(76)10-7-11-73(13-8-5-4-6-9-13)74-69-62-55-43-35-26-17-15-16-18-21(17)30-37(35)45-46-38(30)36-27(18)29-25-20(16)23-22-19(15)24-28(26)41(43)49-47-33(24)31(22)39-40-32(23)34(25)48-50-42(29)44(36)56-58(46)67(66(69)57(45)55)70-63(56)61(50)65-54(48)52(40)59-51(39)53(47)64(60(49)62)71(74)68(59)72(65)75(70,73)74/h4-6,8-9,41,49H,2-3,7,10-12H2,1H3. The molecule has 2 heteroatoms. The molecule has 0 heterocycles. The third kappa shape index (κ3) is 1.75. The fourth-order valence-electron chi connectivity index (χ4n) is 27.9. The van der Waals surface area contributed by atoms with Gasteiger partial charge in [-0.15, -0.1) is 0 Å². The van der Waals surface area contributed by atoms with E-state index < -0.39 is 0 Å². The molecule has 2 nitrogen and oxygen atoms in total. The molecule has 0 N–H and O–H groups in total. The maximum absolute atomic E-state index is 14.2. The van der Waals surface area contributed by atoms with E-state index in [4.69, 9.17) is 4.74 Å². The smallest absolute Gasteiger partial charge is 0.305 e. The summed E-state index contributed by atoms with van der Waals surface area (Å²) in [7, 11) is 0. The quantitative estimate of drug-likeness (QED) is 0.0862. The molecule has 1 fully saturated rings. The van der Waals surface area contributed by atoms with Crippen molar-refractivity contribution in [1.82, 2.24) is 0 Å². The lowest BCUT2D eigenvalue weighted by molar-refractivity contribution is -0.143. The average Bonchev–Trinajstić information content (AvgIpc) is 1.84. The van der Waals surface area contributed by atoms with Crippen molar-refractivity contribution in [3.8, 4) is 0 Å². The average molecular weight is 955 g/mol. The zero-order chi connectivity index (χ0) is 46.6. The first-order valence-corrected chi connectivity index (χ1v) is 29.5. The summed E-state index contributed by atoms with van der Waals surface area (Å²) in [5, 5.41) is 78.3. The number of ether oxygens (including phenoxy) is 1. The maximum Gasteiger partial charge on any atom is 0.305 e. The molecule has 0 radical (unpaired) electrons. The first-order valence-electron chi connectivity index (χ1n) is 29.5. The number of unbranched alkanes of at least 4 members (excludes halogenated alkanes) is 1. The lowest BCUT2D eigenvalue weighted by Crippen LogP contribution is -2.35. The van der Waals surface area contributed by atoms with E-state index in [1.807, 2.05) is 0 Å². The van der Waals surface area contributed by atoms with E-state index in [9.17, 15) is 4.79 Å². The number of carbonyl (C=O) groups is 1. The van der Waals surface area contributed by atoms with Crippen molar-refractivity contribution in [3.05, 3.63) is 85.6 Å². The zero-order valence-corrected chi connectivity index (χ0v) is 40.6. The molecule has 77 heavy (non-hydrogen) atoms. The summed E-state index contributed by atoms with van der Waals surface area (Å²) in [6, 6.07) is 12.2. The second-order valence-corrected chi connectivity index (χ2v) is 28.3. The van der Waals surface area contributed by atoms with Crippen LogP contribution in [0, 0.1) is 0 Å². The Morgan fingerprint density at radius 2 is 0.766 bits per heavy atom. The summed E-state index contributed by atoms with van der Waals surface area (Å²) in [5.74, 6) is 0.653. The third-order valence-electron chi connectivity index (χ3n) is 28.0. The minimum atomic E-state index is -0.332. The molecule has 9 aliphatic rings. The molecule has 5 atom stereocenters. The van der Waals surface area contributed by atoms with Gasteiger partial charge in [0, 0.05) is 34.5 Å². The van der Waals surface area contributed by atoms with Crippen LogP contribution in [0.5, 0.6) is 0 Å². The Labute approximate surface area is 425 Å². The van der Waals surface area contributed by atoms with Gasteiger partial charge < -0.3 is 4.74 Å². The lowest BCUT2D eigenvalue weighted by Gasteiger charge is -2.38. The van der Waals surface area contributed by atoms with Crippen LogP contribution >= 0.6 is 0 Å². The maximum atomic E-state index is 14.2. The van der Waals surface area contributed by atoms with Crippen LogP contribution in [0.15, 0.2) is 30.3 Å². The molecule has 1 saturated carbocycles. The Bertz CT molecular complexity index is 7580. The van der Waals surface area contributed by atoms with E-state index in [-0.39, 0.29) is 22.2 Å². The van der Waals surface area contributed by atoms with E-state index in [1.165, 1.54) is 5.56 Å². The number of carbonyl (C=O) groups excluding carboxylic acids is 1. The van der Waals surface area contributed by atoms with E-state index >= 15 is 0 Å². The van der Waals surface area contributed by atoms with E-state index in [0.29, 0.717) is 24.9 Å². The SMILES string of the molecule is CCCCOC(=O)CCCC1(c2ccccc2)C23c4c5c6c7c8c9c%10c%11c%12c%13c%14c(c2c2c%15c%16c%17c%18c%19c(c4c4c6c6c8c8c9c9c%11c%11c%20c%12c(c%142)c2c%15c%17c%12c%14c%18c%15c%19c4c6c4c8c6c9c%11c(c%12c2%20)c%14c6c%154)C%1613)C=5C7C%13%10. The van der Waals surface area contributed by atoms with Gasteiger partial charge in [-0.3, -0.25) is 4.79 Å². The largest absolute Gasteiger partial charge is 0.466 e. The van der Waals surface area contributed by atoms with Gasteiger partial charge in [0.05, 0.1) is 6.61 Å². The molecule has 334 valence electrons. The van der Waals surface area contributed by atoms with Crippen LogP contribution in [0.2, 0.25) is 0 Å². The van der Waals surface area contributed by atoms with Gasteiger partial charge in [0.25, 0.3) is 0 Å². The van der Waals surface area contributed by atoms with Gasteiger partial charge in [-0.05, 0) is 328 Å². The molecule has 0 saturated heterocycles. The van der Waals surface area contributed by atoms with Crippen molar-refractivity contribution in [2.45, 2.75) is 67.1 Å². The van der Waals surface area contributed by atoms with Crippen molar-refractivity contribution in [2.75, 3.05) is 6.61 Å². The van der Waals surface area contributed by atoms with Crippen molar-refractivity contribution in [2.24, 2.45) is 0 Å². The van der Waals surface area contributed by atoms with E-state index in [2.05, 4.69) is 37.3 Å². The third-order valence-corrected chi connectivity index (χ3v) is 28.0. The van der Waals surface area contributed by atoms with Crippen molar-refractivity contribution in [3.63, 3.8) is 0 Å². The van der Waals surface area contributed by atoms with Gasteiger partial charge in [0.15, 0.2) is 0 Å². The van der Waals surface area contributed by atoms with Crippen LogP contribution in [-0.4, -0.2) is 12.6 Å². The van der Waals surface area contributed by atoms with Gasteiger partial charge in [0.1, 0.15) is 0 Å². The highest BCUT2D eigenvalue weighted by molar-refractivity contribution is 6.78. The number of hydrogen-bond donors (Lipinski definition) is 0. The molecule has 0 amide bonds. The molecule has 0 aliphatic heterocycles. The Hall–Kier alpha value is -8.59. The Kier molecular flexibility index (Phi) is 2.93. The van der Waals surface area contributed by atoms with E-state index in [0.717, 1.165) is 25.7 Å². The molecule has 0 bridgehead atoms. The normalized spacial score (nSPS) is 25.7. The summed E-state index contributed by atoms with van der Waals surface area (Å²) >= 11 is 0. The highest BCUT2D eigenvalue weighted by Crippen LogP contribution is 2.96. The fraction of sp³-hybridized carbons (Fsp3) is 0.160. The summed E-state index contributed by atoms with van der Waals surface area (Å²) < 4.78 is 6.10. The molecule has 0 aromatic heterocycles. The summed E-state index contributed by atoms with van der Waals surface area (Å²) in [6.07, 6.45) is 4.20. The van der Waals surface area contributed by atoms with Gasteiger partial charge in [-0.1, -0.05) is 43.7 Å². The first kappa shape index (κ1) is 30.8. The van der Waals surface area contributed by atoms with Crippen molar-refractivity contribution >= 4 is 259 Å². The minimum absolute atomic E-state index is 0.0103. The van der Waals surface area contributed by atoms with Crippen molar-refractivity contribution < 1.29 is 9.53 Å². The number of rotatable bonds is 8. The van der Waals surface area contributed by atoms with Crippen LogP contribution in [0.25, 0.3) is 253 Å². The number of esters is 1. The lowest BCUT2D eigenvalue weighted by atomic mass is 9.63. The van der Waals surface area contributed by atoms with E-state index in [1.54, 1.807) is 303 Å². The Morgan fingerprint density at radius 3 is 1.29 bits per heavy atom. The van der Waals surface area contributed by atoms with Gasteiger partial charge in [-0.2, -0.15) is 0 Å². The highest BCUT2D eigenvalue weighted by Gasteiger charge is 2.94. The van der Waals surface area contributed by atoms with Crippen LogP contribution < -0.4 is 5.22 Å². The molecular formula is C75H22O2. The molecule has 2 spiro atoms. The highest BCUT2D eigenvalue weighted by atomic mass is 16.5. The zero-order valence-electron chi connectivity index (χ0n) is 40.6. The van der Waals surface area contributed by atoms with Gasteiger partial charge in [-0.25, -0.2) is 0 Å². The minimum Gasteiger partial charge on any atom is -0.466 e. The Morgan fingerprint density at radius 1 is 0.390 bits per heavy atom. The molecule has 9 aliphatic carbocycles. The fourth-order valence-corrected chi connectivity index (χ4v) is 27.9. The summed E-state index contributed by atoms with van der Waals surface area (Å²) in [4.78, 5) is 14.2. The Balaban J connectivity index is 1.02.